The van der Waals surface area contributed by atoms with E-state index >= 15 is 0 Å². The second-order valence-electron chi connectivity index (χ2n) is 4.21. The van der Waals surface area contributed by atoms with Crippen molar-refractivity contribution in [2.24, 2.45) is 5.73 Å². The van der Waals surface area contributed by atoms with Gasteiger partial charge in [-0.1, -0.05) is 25.4 Å². The van der Waals surface area contributed by atoms with Gasteiger partial charge in [0.2, 0.25) is 0 Å². The van der Waals surface area contributed by atoms with Gasteiger partial charge in [-0.2, -0.15) is 0 Å². The smallest absolute Gasteiger partial charge is 0.116 e. The van der Waals surface area contributed by atoms with Gasteiger partial charge in [0.05, 0.1) is 16.2 Å². The zero-order valence-electron chi connectivity index (χ0n) is 9.57. The van der Waals surface area contributed by atoms with Crippen molar-refractivity contribution in [3.05, 3.63) is 34.9 Å². The number of hydrogen-bond acceptors (Lipinski definition) is 2. The van der Waals surface area contributed by atoms with Crippen molar-refractivity contribution < 1.29 is 0 Å². The largest absolute Gasteiger partial charge is 0.330 e. The number of pyridine rings is 1. The van der Waals surface area contributed by atoms with Gasteiger partial charge in [-0.3, -0.25) is 0 Å². The van der Waals surface area contributed by atoms with Crippen LogP contribution >= 0.6 is 11.6 Å². The summed E-state index contributed by atoms with van der Waals surface area (Å²) < 4.78 is 2.07. The molecule has 2 aromatic rings. The summed E-state index contributed by atoms with van der Waals surface area (Å²) in [5.41, 5.74) is 7.76. The Morgan fingerprint density at radius 1 is 1.44 bits per heavy atom. The molecule has 2 heterocycles. The Morgan fingerprint density at radius 3 is 2.81 bits per heavy atom. The molecule has 0 fully saturated rings. The van der Waals surface area contributed by atoms with Gasteiger partial charge in [0.25, 0.3) is 0 Å². The standard InChI is InChI=1S/C12H16ClN3/c1-8(2)12-15-10(5-6-14)11-4-3-9(13)7-16(11)12/h3-4,7-8H,5-6,14H2,1-2H3. The molecular weight excluding hydrogens is 222 g/mol. The molecule has 0 saturated carbocycles. The molecule has 4 heteroatoms. The van der Waals surface area contributed by atoms with Crippen LogP contribution in [-0.2, 0) is 6.42 Å². The molecule has 2 rings (SSSR count). The highest BCUT2D eigenvalue weighted by molar-refractivity contribution is 6.30. The van der Waals surface area contributed by atoms with Gasteiger partial charge in [0.1, 0.15) is 5.82 Å². The van der Waals surface area contributed by atoms with Crippen LogP contribution in [0, 0.1) is 0 Å². The van der Waals surface area contributed by atoms with Crippen LogP contribution in [0.25, 0.3) is 5.52 Å². The number of halogens is 1. The van der Waals surface area contributed by atoms with Gasteiger partial charge in [0, 0.05) is 18.5 Å². The molecule has 0 aromatic carbocycles. The Morgan fingerprint density at radius 2 is 2.19 bits per heavy atom. The molecule has 0 aliphatic rings. The van der Waals surface area contributed by atoms with Gasteiger partial charge in [0.15, 0.2) is 0 Å². The molecule has 0 amide bonds. The van der Waals surface area contributed by atoms with Crippen LogP contribution in [0.5, 0.6) is 0 Å². The zero-order valence-corrected chi connectivity index (χ0v) is 10.3. The van der Waals surface area contributed by atoms with Crippen LogP contribution in [0.4, 0.5) is 0 Å². The van der Waals surface area contributed by atoms with Crippen molar-refractivity contribution in [3.63, 3.8) is 0 Å². The molecule has 0 saturated heterocycles. The van der Waals surface area contributed by atoms with Crippen LogP contribution in [0.2, 0.25) is 5.02 Å². The molecule has 2 aromatic heterocycles. The molecule has 16 heavy (non-hydrogen) atoms. The molecule has 3 nitrogen and oxygen atoms in total. The second-order valence-corrected chi connectivity index (χ2v) is 4.65. The number of nitrogens with zero attached hydrogens (tertiary/aromatic N) is 2. The predicted octanol–water partition coefficient (Wildman–Crippen LogP) is 2.61. The fraction of sp³-hybridized carbons (Fsp3) is 0.417. The predicted molar refractivity (Wildman–Crippen MR) is 67.0 cm³/mol. The van der Waals surface area contributed by atoms with Crippen LogP contribution < -0.4 is 5.73 Å². The normalized spacial score (nSPS) is 11.6. The molecule has 2 N–H and O–H groups in total. The maximum Gasteiger partial charge on any atom is 0.116 e. The van der Waals surface area contributed by atoms with Gasteiger partial charge in [-0.15, -0.1) is 0 Å². The SMILES string of the molecule is CC(C)c1nc(CCN)c2ccc(Cl)cn12. The summed E-state index contributed by atoms with van der Waals surface area (Å²) >= 11 is 6.01. The average molecular weight is 238 g/mol. The Bertz CT molecular complexity index is 502. The number of fused-ring (bicyclic) bond motifs is 1. The summed E-state index contributed by atoms with van der Waals surface area (Å²) in [4.78, 5) is 4.64. The van der Waals surface area contributed by atoms with E-state index < -0.39 is 0 Å². The van der Waals surface area contributed by atoms with Crippen LogP contribution in [0.15, 0.2) is 18.3 Å². The van der Waals surface area contributed by atoms with E-state index in [-0.39, 0.29) is 0 Å². The van der Waals surface area contributed by atoms with Crippen molar-refractivity contribution in [3.8, 4) is 0 Å². The molecule has 0 radical (unpaired) electrons. The highest BCUT2D eigenvalue weighted by atomic mass is 35.5. The first-order valence-electron chi connectivity index (χ1n) is 5.50. The summed E-state index contributed by atoms with van der Waals surface area (Å²) in [7, 11) is 0. The van der Waals surface area contributed by atoms with Crippen LogP contribution in [0.1, 0.15) is 31.3 Å². The van der Waals surface area contributed by atoms with E-state index in [9.17, 15) is 0 Å². The van der Waals surface area contributed by atoms with E-state index in [1.807, 2.05) is 18.3 Å². The van der Waals surface area contributed by atoms with E-state index in [0.717, 1.165) is 28.5 Å². The molecule has 0 bridgehead atoms. The van der Waals surface area contributed by atoms with E-state index in [4.69, 9.17) is 17.3 Å². The molecule has 0 atom stereocenters. The number of imidazole rings is 1. The first kappa shape index (κ1) is 11.4. The lowest BCUT2D eigenvalue weighted by Gasteiger charge is -2.03. The molecule has 0 aliphatic heterocycles. The van der Waals surface area contributed by atoms with Crippen molar-refractivity contribution >= 4 is 17.1 Å². The summed E-state index contributed by atoms with van der Waals surface area (Å²) in [5.74, 6) is 1.42. The van der Waals surface area contributed by atoms with Crippen molar-refractivity contribution in [1.82, 2.24) is 9.38 Å². The maximum atomic E-state index is 6.01. The Hall–Kier alpha value is -1.06. The van der Waals surface area contributed by atoms with Crippen molar-refractivity contribution in [2.75, 3.05) is 6.54 Å². The van der Waals surface area contributed by atoms with Crippen LogP contribution in [-0.4, -0.2) is 15.9 Å². The maximum absolute atomic E-state index is 6.01. The summed E-state index contributed by atoms with van der Waals surface area (Å²) in [6.45, 7) is 4.87. The number of nitrogens with two attached hydrogens (primary N) is 1. The first-order chi connectivity index (χ1) is 7.63. The number of aromatic nitrogens is 2. The summed E-state index contributed by atoms with van der Waals surface area (Å²) in [6.07, 6.45) is 2.72. The van der Waals surface area contributed by atoms with E-state index in [2.05, 4.69) is 23.2 Å². The van der Waals surface area contributed by atoms with E-state index in [1.54, 1.807) is 0 Å². The molecule has 0 spiro atoms. The lowest BCUT2D eigenvalue weighted by atomic mass is 10.2. The van der Waals surface area contributed by atoms with Crippen molar-refractivity contribution in [2.45, 2.75) is 26.2 Å². The molecule has 0 unspecified atom stereocenters. The minimum atomic E-state index is 0.373. The highest BCUT2D eigenvalue weighted by Crippen LogP contribution is 2.22. The van der Waals surface area contributed by atoms with Gasteiger partial charge in [-0.25, -0.2) is 4.98 Å². The van der Waals surface area contributed by atoms with Gasteiger partial charge < -0.3 is 10.1 Å². The van der Waals surface area contributed by atoms with Crippen molar-refractivity contribution in [1.29, 1.82) is 0 Å². The topological polar surface area (TPSA) is 43.3 Å². The second kappa shape index (κ2) is 4.44. The third-order valence-electron chi connectivity index (χ3n) is 2.60. The Kier molecular flexibility index (Phi) is 3.17. The van der Waals surface area contributed by atoms with Crippen LogP contribution in [0.3, 0.4) is 0 Å². The fourth-order valence-electron chi connectivity index (χ4n) is 1.88. The summed E-state index contributed by atoms with van der Waals surface area (Å²) in [6, 6.07) is 3.90. The third kappa shape index (κ3) is 1.93. The Labute approximate surface area is 100 Å². The lowest BCUT2D eigenvalue weighted by molar-refractivity contribution is 0.764. The highest BCUT2D eigenvalue weighted by Gasteiger charge is 2.13. The fourth-order valence-corrected chi connectivity index (χ4v) is 2.04. The van der Waals surface area contributed by atoms with Gasteiger partial charge in [-0.05, 0) is 18.7 Å². The van der Waals surface area contributed by atoms with Gasteiger partial charge >= 0.3 is 0 Å². The first-order valence-corrected chi connectivity index (χ1v) is 5.87. The quantitative estimate of drug-likeness (QED) is 0.892. The molecular formula is C12H16ClN3. The molecule has 86 valence electrons. The third-order valence-corrected chi connectivity index (χ3v) is 2.83. The summed E-state index contributed by atoms with van der Waals surface area (Å²) in [5, 5.41) is 0.728. The number of hydrogen-bond donors (Lipinski definition) is 1. The Balaban J connectivity index is 2.66. The zero-order chi connectivity index (χ0) is 11.7. The average Bonchev–Trinajstić information content (AvgIpc) is 2.57. The van der Waals surface area contributed by atoms with E-state index in [0.29, 0.717) is 12.5 Å². The number of rotatable bonds is 3. The lowest BCUT2D eigenvalue weighted by Crippen LogP contribution is -2.03. The minimum Gasteiger partial charge on any atom is -0.330 e. The van der Waals surface area contributed by atoms with E-state index in [1.165, 1.54) is 0 Å². The monoisotopic (exact) mass is 237 g/mol. The minimum absolute atomic E-state index is 0.373. The molecule has 0 aliphatic carbocycles.